The number of rotatable bonds is 1. The zero-order valence-corrected chi connectivity index (χ0v) is 12.1. The van der Waals surface area contributed by atoms with Gasteiger partial charge in [-0.15, -0.1) is 0 Å². The van der Waals surface area contributed by atoms with Gasteiger partial charge in [0.05, 0.1) is 11.9 Å². The first-order valence-corrected chi connectivity index (χ1v) is 6.75. The molecule has 3 rings (SSSR count). The van der Waals surface area contributed by atoms with Crippen LogP contribution in [0.25, 0.3) is 5.70 Å². The summed E-state index contributed by atoms with van der Waals surface area (Å²) in [6, 6.07) is 8.25. The lowest BCUT2D eigenvalue weighted by Crippen LogP contribution is -2.16. The molecule has 0 bridgehead atoms. The molecule has 0 saturated heterocycles. The number of para-hydroxylation sites is 1. The SMILES string of the molecule is C=C1c2ccccc2N(C)c2nc(CC)ncc2N1C. The Morgan fingerprint density at radius 2 is 1.85 bits per heavy atom. The van der Waals surface area contributed by atoms with Gasteiger partial charge in [0.1, 0.15) is 11.5 Å². The van der Waals surface area contributed by atoms with Crippen molar-refractivity contribution in [2.45, 2.75) is 13.3 Å². The smallest absolute Gasteiger partial charge is 0.160 e. The van der Waals surface area contributed by atoms with Crippen molar-refractivity contribution in [1.29, 1.82) is 0 Å². The normalized spacial score (nSPS) is 13.8. The first-order chi connectivity index (χ1) is 9.63. The van der Waals surface area contributed by atoms with E-state index in [1.807, 2.05) is 32.4 Å². The van der Waals surface area contributed by atoms with E-state index in [9.17, 15) is 0 Å². The van der Waals surface area contributed by atoms with Crippen LogP contribution in [0.4, 0.5) is 17.2 Å². The van der Waals surface area contributed by atoms with E-state index in [-0.39, 0.29) is 0 Å². The van der Waals surface area contributed by atoms with E-state index in [0.29, 0.717) is 0 Å². The van der Waals surface area contributed by atoms with Gasteiger partial charge in [-0.25, -0.2) is 9.97 Å². The Hall–Kier alpha value is -2.36. The van der Waals surface area contributed by atoms with Gasteiger partial charge in [-0.2, -0.15) is 0 Å². The van der Waals surface area contributed by atoms with Crippen LogP contribution in [0.5, 0.6) is 0 Å². The van der Waals surface area contributed by atoms with E-state index in [4.69, 9.17) is 0 Å². The predicted molar refractivity (Wildman–Crippen MR) is 83.4 cm³/mol. The number of hydrogen-bond donors (Lipinski definition) is 0. The van der Waals surface area contributed by atoms with Crippen LogP contribution in [-0.4, -0.2) is 24.1 Å². The molecule has 102 valence electrons. The first-order valence-electron chi connectivity index (χ1n) is 6.75. The number of fused-ring (bicyclic) bond motifs is 2. The maximum atomic E-state index is 4.69. The number of aromatic nitrogens is 2. The van der Waals surface area contributed by atoms with Crippen molar-refractivity contribution < 1.29 is 0 Å². The average Bonchev–Trinajstić information content (AvgIpc) is 2.58. The molecule has 0 aliphatic carbocycles. The number of aryl methyl sites for hydroxylation is 1. The summed E-state index contributed by atoms with van der Waals surface area (Å²) < 4.78 is 0. The van der Waals surface area contributed by atoms with Gasteiger partial charge in [0.2, 0.25) is 0 Å². The second-order valence-electron chi connectivity index (χ2n) is 4.93. The highest BCUT2D eigenvalue weighted by molar-refractivity contribution is 5.92. The third kappa shape index (κ3) is 1.76. The van der Waals surface area contributed by atoms with Crippen molar-refractivity contribution in [1.82, 2.24) is 9.97 Å². The monoisotopic (exact) mass is 266 g/mol. The van der Waals surface area contributed by atoms with Crippen molar-refractivity contribution in [3.8, 4) is 0 Å². The third-order valence-electron chi connectivity index (χ3n) is 3.78. The molecule has 4 nitrogen and oxygen atoms in total. The van der Waals surface area contributed by atoms with Gasteiger partial charge < -0.3 is 9.80 Å². The molecule has 1 aromatic carbocycles. The van der Waals surface area contributed by atoms with E-state index in [1.165, 1.54) is 0 Å². The zero-order valence-electron chi connectivity index (χ0n) is 12.1. The quantitative estimate of drug-likeness (QED) is 0.793. The minimum absolute atomic E-state index is 0.827. The number of anilines is 3. The van der Waals surface area contributed by atoms with Gasteiger partial charge in [-0.3, -0.25) is 0 Å². The Morgan fingerprint density at radius 1 is 1.10 bits per heavy atom. The molecule has 0 fully saturated rings. The molecule has 0 N–H and O–H groups in total. The molecule has 2 heterocycles. The minimum atomic E-state index is 0.827. The van der Waals surface area contributed by atoms with Crippen LogP contribution in [0.15, 0.2) is 37.0 Å². The fraction of sp³-hybridized carbons (Fsp3) is 0.250. The summed E-state index contributed by atoms with van der Waals surface area (Å²) in [5.74, 6) is 1.78. The van der Waals surface area contributed by atoms with E-state index in [2.05, 4.69) is 45.4 Å². The Kier molecular flexibility index (Phi) is 2.93. The molecule has 2 aromatic rings. The summed E-state index contributed by atoms with van der Waals surface area (Å²) in [6.07, 6.45) is 2.71. The largest absolute Gasteiger partial charge is 0.340 e. The summed E-state index contributed by atoms with van der Waals surface area (Å²) >= 11 is 0. The molecule has 0 saturated carbocycles. The van der Waals surface area contributed by atoms with Gasteiger partial charge in [0.15, 0.2) is 5.82 Å². The molecule has 0 unspecified atom stereocenters. The number of benzene rings is 1. The highest BCUT2D eigenvalue weighted by Crippen LogP contribution is 2.41. The first kappa shape index (κ1) is 12.7. The van der Waals surface area contributed by atoms with Gasteiger partial charge in [-0.1, -0.05) is 31.7 Å². The summed E-state index contributed by atoms with van der Waals surface area (Å²) in [5.41, 5.74) is 4.17. The second-order valence-corrected chi connectivity index (χ2v) is 4.93. The summed E-state index contributed by atoms with van der Waals surface area (Å²) in [4.78, 5) is 13.3. The summed E-state index contributed by atoms with van der Waals surface area (Å²) in [5, 5.41) is 0. The molecule has 4 heteroatoms. The Balaban J connectivity index is 2.27. The predicted octanol–water partition coefficient (Wildman–Crippen LogP) is 3.23. The molecule has 20 heavy (non-hydrogen) atoms. The molecule has 0 radical (unpaired) electrons. The second kappa shape index (κ2) is 4.63. The van der Waals surface area contributed by atoms with Gasteiger partial charge in [0.25, 0.3) is 0 Å². The van der Waals surface area contributed by atoms with Gasteiger partial charge in [-0.05, 0) is 6.07 Å². The van der Waals surface area contributed by atoms with Gasteiger partial charge in [0, 0.05) is 31.8 Å². The fourth-order valence-corrected chi connectivity index (χ4v) is 2.51. The lowest BCUT2D eigenvalue weighted by atomic mass is 10.1. The van der Waals surface area contributed by atoms with Crippen LogP contribution in [-0.2, 0) is 6.42 Å². The maximum Gasteiger partial charge on any atom is 0.160 e. The van der Waals surface area contributed by atoms with Crippen LogP contribution >= 0.6 is 0 Å². The number of nitrogens with zero attached hydrogens (tertiary/aromatic N) is 4. The van der Waals surface area contributed by atoms with Crippen molar-refractivity contribution in [3.05, 3.63) is 48.4 Å². The van der Waals surface area contributed by atoms with E-state index >= 15 is 0 Å². The highest BCUT2D eigenvalue weighted by Gasteiger charge is 2.24. The lowest BCUT2D eigenvalue weighted by molar-refractivity contribution is 0.923. The lowest BCUT2D eigenvalue weighted by Gasteiger charge is -2.21. The Labute approximate surface area is 119 Å². The molecule has 1 aromatic heterocycles. The molecular weight excluding hydrogens is 248 g/mol. The van der Waals surface area contributed by atoms with Crippen molar-refractivity contribution >= 4 is 22.9 Å². The molecule has 1 aliphatic rings. The maximum absolute atomic E-state index is 4.69. The van der Waals surface area contributed by atoms with Crippen molar-refractivity contribution in [2.75, 3.05) is 23.9 Å². The van der Waals surface area contributed by atoms with Crippen LogP contribution < -0.4 is 9.80 Å². The topological polar surface area (TPSA) is 32.3 Å². The van der Waals surface area contributed by atoms with Crippen LogP contribution in [0.3, 0.4) is 0 Å². The highest BCUT2D eigenvalue weighted by atomic mass is 15.3. The summed E-state index contributed by atoms with van der Waals surface area (Å²) in [6.45, 7) is 6.28. The molecule has 0 atom stereocenters. The Morgan fingerprint density at radius 3 is 2.60 bits per heavy atom. The van der Waals surface area contributed by atoms with Crippen molar-refractivity contribution in [3.63, 3.8) is 0 Å². The third-order valence-corrected chi connectivity index (χ3v) is 3.78. The van der Waals surface area contributed by atoms with Crippen LogP contribution in [0.1, 0.15) is 18.3 Å². The average molecular weight is 266 g/mol. The standard InChI is InChI=1S/C16H18N4/c1-5-15-17-10-14-16(18-15)20(4)13-9-7-6-8-12(13)11(2)19(14)3/h6-10H,2,5H2,1,3-4H3. The zero-order chi connectivity index (χ0) is 14.3. The van der Waals surface area contributed by atoms with E-state index in [1.54, 1.807) is 0 Å². The Bertz CT molecular complexity index is 678. The molecule has 0 amide bonds. The summed E-state index contributed by atoms with van der Waals surface area (Å²) in [7, 11) is 4.04. The van der Waals surface area contributed by atoms with E-state index in [0.717, 1.165) is 40.7 Å². The van der Waals surface area contributed by atoms with E-state index < -0.39 is 0 Å². The minimum Gasteiger partial charge on any atom is -0.340 e. The molecule has 0 spiro atoms. The van der Waals surface area contributed by atoms with Crippen LogP contribution in [0, 0.1) is 0 Å². The van der Waals surface area contributed by atoms with Gasteiger partial charge >= 0.3 is 0 Å². The van der Waals surface area contributed by atoms with Crippen LogP contribution in [0.2, 0.25) is 0 Å². The number of hydrogen-bond acceptors (Lipinski definition) is 4. The molecular formula is C16H18N4. The fourth-order valence-electron chi connectivity index (χ4n) is 2.51. The molecule has 1 aliphatic heterocycles. The van der Waals surface area contributed by atoms with Crippen molar-refractivity contribution in [2.24, 2.45) is 0 Å².